The number of alkyl halides is 2. The fraction of sp³-hybridized carbons (Fsp3) is 0.750. The zero-order valence-electron chi connectivity index (χ0n) is 6.86. The first-order valence-corrected chi connectivity index (χ1v) is 7.67. The molecular weight excluding hydrogens is 320 g/mol. The van der Waals surface area contributed by atoms with E-state index in [-0.39, 0.29) is 20.2 Å². The van der Waals surface area contributed by atoms with Crippen LogP contribution < -0.4 is 0 Å². The van der Waals surface area contributed by atoms with Gasteiger partial charge in [-0.2, -0.15) is 0 Å². The maximum Gasteiger partial charge on any atom is 0.164 e. The molecule has 4 atom stereocenters. The molecule has 1 fully saturated rings. The number of hydrogen-bond donors (Lipinski definition) is 0. The Bertz CT molecular complexity index is 336. The Morgan fingerprint density at radius 2 is 1.85 bits per heavy atom. The lowest BCUT2D eigenvalue weighted by molar-refractivity contribution is 0.586. The van der Waals surface area contributed by atoms with Crippen LogP contribution in [0.1, 0.15) is 12.8 Å². The molecule has 0 unspecified atom stereocenters. The molecule has 0 saturated carbocycles. The molecule has 0 aromatic carbocycles. The summed E-state index contributed by atoms with van der Waals surface area (Å²) in [6.07, 6.45) is 5.33. The van der Waals surface area contributed by atoms with Crippen molar-refractivity contribution in [3.8, 4) is 0 Å². The smallest absolute Gasteiger partial charge is 0.164 e. The van der Waals surface area contributed by atoms with Gasteiger partial charge in [0.25, 0.3) is 0 Å². The largest absolute Gasteiger partial charge is 0.228 e. The van der Waals surface area contributed by atoms with Crippen molar-refractivity contribution in [2.24, 2.45) is 0 Å². The standard InChI is InChI=1S/C8H10Br2O2S/c9-6-3-1-5-2-4-7(8(6)10)13(5,11)12/h2,4-8H,1,3H2/t5-,6-,7+,8+/m1/s1. The van der Waals surface area contributed by atoms with E-state index in [0.717, 1.165) is 12.8 Å². The highest BCUT2D eigenvalue weighted by molar-refractivity contribution is 9.12. The maximum absolute atomic E-state index is 11.8. The SMILES string of the molecule is O=S1(=O)[C@H]2C=C[C@H]1[C@@H](Br)[C@H](Br)CC2. The molecule has 0 N–H and O–H groups in total. The van der Waals surface area contributed by atoms with Crippen molar-refractivity contribution in [3.05, 3.63) is 12.2 Å². The van der Waals surface area contributed by atoms with Crippen LogP contribution in [0.3, 0.4) is 0 Å². The Morgan fingerprint density at radius 3 is 2.54 bits per heavy atom. The van der Waals surface area contributed by atoms with Gasteiger partial charge < -0.3 is 0 Å². The first-order chi connectivity index (χ1) is 6.03. The molecule has 0 radical (unpaired) electrons. The zero-order valence-corrected chi connectivity index (χ0v) is 10.8. The van der Waals surface area contributed by atoms with Crippen LogP contribution in [0.2, 0.25) is 0 Å². The molecule has 0 aliphatic carbocycles. The molecule has 2 rings (SSSR count). The molecule has 2 heterocycles. The van der Waals surface area contributed by atoms with Gasteiger partial charge in [-0.05, 0) is 12.8 Å². The normalized spacial score (nSPS) is 47.5. The molecule has 13 heavy (non-hydrogen) atoms. The zero-order chi connectivity index (χ0) is 9.64. The Labute approximate surface area is 95.0 Å². The van der Waals surface area contributed by atoms with E-state index in [4.69, 9.17) is 0 Å². The van der Waals surface area contributed by atoms with Crippen LogP contribution in [0.5, 0.6) is 0 Å². The first kappa shape index (κ1) is 10.2. The summed E-state index contributed by atoms with van der Waals surface area (Å²) in [5.41, 5.74) is 0. The predicted molar refractivity (Wildman–Crippen MR) is 60.3 cm³/mol. The summed E-state index contributed by atoms with van der Waals surface area (Å²) in [6.45, 7) is 0. The lowest BCUT2D eigenvalue weighted by Crippen LogP contribution is -2.31. The minimum atomic E-state index is -2.94. The molecule has 1 saturated heterocycles. The Hall–Kier alpha value is 0.650. The van der Waals surface area contributed by atoms with Gasteiger partial charge in [0, 0.05) is 9.65 Å². The Morgan fingerprint density at radius 1 is 1.15 bits per heavy atom. The summed E-state index contributed by atoms with van der Waals surface area (Å²) >= 11 is 6.97. The van der Waals surface area contributed by atoms with E-state index >= 15 is 0 Å². The van der Waals surface area contributed by atoms with Crippen LogP contribution >= 0.6 is 31.9 Å². The van der Waals surface area contributed by atoms with Gasteiger partial charge in [0.2, 0.25) is 0 Å². The average Bonchev–Trinajstić information content (AvgIpc) is 2.30. The Kier molecular flexibility index (Phi) is 2.62. The second-order valence-electron chi connectivity index (χ2n) is 3.51. The molecule has 2 bridgehead atoms. The van der Waals surface area contributed by atoms with Gasteiger partial charge in [-0.15, -0.1) is 0 Å². The van der Waals surface area contributed by atoms with E-state index in [1.807, 2.05) is 12.2 Å². The van der Waals surface area contributed by atoms with Gasteiger partial charge in [0.1, 0.15) is 0 Å². The lowest BCUT2D eigenvalue weighted by atomic mass is 10.1. The Balaban J connectivity index is 2.42. The number of halogens is 2. The van der Waals surface area contributed by atoms with Crippen LogP contribution in [0.15, 0.2) is 12.2 Å². The quantitative estimate of drug-likeness (QED) is 0.503. The average molecular weight is 330 g/mol. The summed E-state index contributed by atoms with van der Waals surface area (Å²) < 4.78 is 23.7. The maximum atomic E-state index is 11.8. The third kappa shape index (κ3) is 1.53. The van der Waals surface area contributed by atoms with Crippen molar-refractivity contribution >= 4 is 41.7 Å². The van der Waals surface area contributed by atoms with Gasteiger partial charge >= 0.3 is 0 Å². The van der Waals surface area contributed by atoms with Gasteiger partial charge in [0.05, 0.1) is 10.5 Å². The fourth-order valence-corrected chi connectivity index (χ4v) is 6.07. The van der Waals surface area contributed by atoms with E-state index in [9.17, 15) is 8.42 Å². The molecule has 0 spiro atoms. The topological polar surface area (TPSA) is 34.1 Å². The highest BCUT2D eigenvalue weighted by Gasteiger charge is 2.44. The summed E-state index contributed by atoms with van der Waals surface area (Å²) in [6, 6.07) is 0. The van der Waals surface area contributed by atoms with Crippen molar-refractivity contribution < 1.29 is 8.42 Å². The van der Waals surface area contributed by atoms with Crippen LogP contribution in [-0.4, -0.2) is 28.6 Å². The molecule has 2 nitrogen and oxygen atoms in total. The number of hydrogen-bond acceptors (Lipinski definition) is 2. The fourth-order valence-electron chi connectivity index (χ4n) is 1.89. The van der Waals surface area contributed by atoms with Crippen molar-refractivity contribution in [2.75, 3.05) is 0 Å². The highest BCUT2D eigenvalue weighted by atomic mass is 79.9. The molecule has 0 aromatic rings. The van der Waals surface area contributed by atoms with Gasteiger partial charge in [-0.25, -0.2) is 8.42 Å². The van der Waals surface area contributed by atoms with Crippen LogP contribution in [0.25, 0.3) is 0 Å². The molecule has 5 heteroatoms. The number of fused-ring (bicyclic) bond motifs is 2. The van der Waals surface area contributed by atoms with Crippen molar-refractivity contribution in [2.45, 2.75) is 33.0 Å². The van der Waals surface area contributed by atoms with E-state index < -0.39 is 9.84 Å². The van der Waals surface area contributed by atoms with E-state index in [0.29, 0.717) is 0 Å². The van der Waals surface area contributed by atoms with E-state index in [1.165, 1.54) is 0 Å². The molecule has 74 valence electrons. The number of rotatable bonds is 0. The third-order valence-corrected chi connectivity index (χ3v) is 8.44. The van der Waals surface area contributed by atoms with Crippen molar-refractivity contribution in [1.82, 2.24) is 0 Å². The van der Waals surface area contributed by atoms with Gasteiger partial charge in [-0.3, -0.25) is 0 Å². The molecule has 2 aliphatic rings. The third-order valence-electron chi connectivity index (χ3n) is 2.70. The van der Waals surface area contributed by atoms with Gasteiger partial charge in [-0.1, -0.05) is 44.0 Å². The van der Waals surface area contributed by atoms with Gasteiger partial charge in [0.15, 0.2) is 9.84 Å². The molecule has 0 aromatic heterocycles. The summed E-state index contributed by atoms with van der Waals surface area (Å²) in [5, 5.41) is -0.565. The summed E-state index contributed by atoms with van der Waals surface area (Å²) in [4.78, 5) is 0.281. The minimum absolute atomic E-state index is 0.0150. The van der Waals surface area contributed by atoms with Crippen molar-refractivity contribution in [1.29, 1.82) is 0 Å². The molecule has 2 aliphatic heterocycles. The molecule has 0 amide bonds. The highest BCUT2D eigenvalue weighted by Crippen LogP contribution is 2.38. The second kappa shape index (κ2) is 3.35. The molecular formula is C8H10Br2O2S. The summed E-state index contributed by atoms with van der Waals surface area (Å²) in [7, 11) is -2.94. The lowest BCUT2D eigenvalue weighted by Gasteiger charge is -2.17. The first-order valence-electron chi connectivity index (χ1n) is 4.22. The van der Waals surface area contributed by atoms with E-state index in [2.05, 4.69) is 31.9 Å². The summed E-state index contributed by atoms with van der Waals surface area (Å²) in [5.74, 6) is 0. The monoisotopic (exact) mass is 328 g/mol. The van der Waals surface area contributed by atoms with Crippen molar-refractivity contribution in [3.63, 3.8) is 0 Å². The second-order valence-corrected chi connectivity index (χ2v) is 8.08. The van der Waals surface area contributed by atoms with Crippen LogP contribution in [0.4, 0.5) is 0 Å². The van der Waals surface area contributed by atoms with Crippen LogP contribution in [-0.2, 0) is 9.84 Å². The predicted octanol–water partition coefficient (Wildman–Crippen LogP) is 2.03. The van der Waals surface area contributed by atoms with Crippen LogP contribution in [0, 0.1) is 0 Å². The van der Waals surface area contributed by atoms with E-state index in [1.54, 1.807) is 0 Å². The minimum Gasteiger partial charge on any atom is -0.228 e. The number of sulfone groups is 1.